The minimum atomic E-state index is -0.244. The van der Waals surface area contributed by atoms with Gasteiger partial charge in [0.25, 0.3) is 0 Å². The number of hydrogen-bond donors (Lipinski definition) is 1. The summed E-state index contributed by atoms with van der Waals surface area (Å²) in [5.74, 6) is -0.0224. The monoisotopic (exact) mass is 370 g/mol. The minimum Gasteiger partial charge on any atom is -0.378 e. The lowest BCUT2D eigenvalue weighted by molar-refractivity contribution is 0.187. The third kappa shape index (κ3) is 5.64. The number of anilines is 1. The molecule has 4 heteroatoms. The molecule has 0 amide bonds. The molecule has 2 nitrogen and oxygen atoms in total. The largest absolute Gasteiger partial charge is 0.378 e. The van der Waals surface area contributed by atoms with E-state index in [1.807, 2.05) is 12.1 Å². The first kappa shape index (κ1) is 19.6. The maximum absolute atomic E-state index is 13.4. The van der Waals surface area contributed by atoms with Crippen molar-refractivity contribution in [1.29, 1.82) is 0 Å². The number of allylic oxidation sites excluding steroid dienone is 1. The Morgan fingerprint density at radius 1 is 1.00 bits per heavy atom. The number of nitrogens with zero attached hydrogens (tertiary/aromatic N) is 1. The van der Waals surface area contributed by atoms with Crippen molar-refractivity contribution in [1.82, 2.24) is 4.90 Å². The van der Waals surface area contributed by atoms with E-state index in [1.54, 1.807) is 12.1 Å². The van der Waals surface area contributed by atoms with Crippen LogP contribution in [-0.2, 0) is 0 Å². The van der Waals surface area contributed by atoms with Crippen molar-refractivity contribution in [3.63, 3.8) is 0 Å². The fourth-order valence-corrected chi connectivity index (χ4v) is 3.65. The predicted molar refractivity (Wildman–Crippen MR) is 108 cm³/mol. The summed E-state index contributed by atoms with van der Waals surface area (Å²) >= 11 is 0. The number of likely N-dealkylation sites (tertiary alicyclic amines) is 1. The summed E-state index contributed by atoms with van der Waals surface area (Å²) in [6.07, 6.45) is 4.42. The van der Waals surface area contributed by atoms with Crippen molar-refractivity contribution in [3.05, 3.63) is 77.4 Å². The first-order chi connectivity index (χ1) is 13.0. The average molecular weight is 370 g/mol. The number of piperidine rings is 1. The van der Waals surface area contributed by atoms with Gasteiger partial charge in [0.15, 0.2) is 0 Å². The molecule has 1 aliphatic rings. The molecule has 2 aromatic carbocycles. The average Bonchev–Trinajstić information content (AvgIpc) is 2.67. The number of nitrogens with one attached hydrogen (secondary N) is 1. The molecule has 0 aliphatic carbocycles. The Balaban J connectivity index is 1.73. The molecule has 1 heterocycles. The molecule has 0 radical (unpaired) electrons. The van der Waals surface area contributed by atoms with E-state index in [-0.39, 0.29) is 17.7 Å². The van der Waals surface area contributed by atoms with E-state index in [2.05, 4.69) is 30.1 Å². The van der Waals surface area contributed by atoms with Gasteiger partial charge in [-0.25, -0.2) is 8.78 Å². The molecule has 1 unspecified atom stereocenters. The molecule has 1 fully saturated rings. The zero-order valence-electron chi connectivity index (χ0n) is 16.1. The molecule has 1 N–H and O–H groups in total. The Labute approximate surface area is 160 Å². The van der Waals surface area contributed by atoms with Crippen LogP contribution in [0.25, 0.3) is 0 Å². The molecule has 1 atom stereocenters. The van der Waals surface area contributed by atoms with Crippen LogP contribution < -0.4 is 5.32 Å². The van der Waals surface area contributed by atoms with Crippen molar-refractivity contribution >= 4 is 5.69 Å². The van der Waals surface area contributed by atoms with Gasteiger partial charge >= 0.3 is 0 Å². The summed E-state index contributed by atoms with van der Waals surface area (Å²) in [6.45, 7) is 7.37. The molecule has 0 aromatic heterocycles. The first-order valence-electron chi connectivity index (χ1n) is 9.64. The summed E-state index contributed by atoms with van der Waals surface area (Å²) in [6, 6.07) is 13.3. The predicted octanol–water partition coefficient (Wildman–Crippen LogP) is 5.80. The normalized spacial score (nSPS) is 16.7. The van der Waals surface area contributed by atoms with Crippen LogP contribution in [0.3, 0.4) is 0 Å². The first-order valence-corrected chi connectivity index (χ1v) is 9.64. The summed E-state index contributed by atoms with van der Waals surface area (Å²) < 4.78 is 26.6. The van der Waals surface area contributed by atoms with E-state index in [4.69, 9.17) is 0 Å². The highest BCUT2D eigenvalue weighted by molar-refractivity contribution is 5.45. The topological polar surface area (TPSA) is 15.3 Å². The van der Waals surface area contributed by atoms with Gasteiger partial charge in [-0.2, -0.15) is 0 Å². The van der Waals surface area contributed by atoms with E-state index in [9.17, 15) is 8.78 Å². The number of hydrogen-bond acceptors (Lipinski definition) is 2. The fraction of sp³-hybridized carbons (Fsp3) is 0.391. The molecule has 0 bridgehead atoms. The second kappa shape index (κ2) is 9.14. The van der Waals surface area contributed by atoms with E-state index >= 15 is 0 Å². The minimum absolute atomic E-state index is 0.0849. The van der Waals surface area contributed by atoms with Crippen LogP contribution in [0.4, 0.5) is 14.5 Å². The number of rotatable bonds is 6. The van der Waals surface area contributed by atoms with Gasteiger partial charge < -0.3 is 5.32 Å². The van der Waals surface area contributed by atoms with Crippen LogP contribution in [0.5, 0.6) is 0 Å². The molecule has 144 valence electrons. The molecule has 27 heavy (non-hydrogen) atoms. The zero-order valence-corrected chi connectivity index (χ0v) is 16.1. The van der Waals surface area contributed by atoms with Gasteiger partial charge in [0.1, 0.15) is 11.6 Å². The lowest BCUT2D eigenvalue weighted by Gasteiger charge is -2.36. The Morgan fingerprint density at radius 2 is 1.56 bits per heavy atom. The SMILES string of the molecule is CC(C)=CCN1CCC(C(Nc2ccc(F)cc2)c2ccc(F)cc2)CC1. The highest BCUT2D eigenvalue weighted by Gasteiger charge is 2.27. The molecule has 2 aromatic rings. The van der Waals surface area contributed by atoms with Gasteiger partial charge in [-0.3, -0.25) is 4.90 Å². The van der Waals surface area contributed by atoms with Crippen LogP contribution in [0.2, 0.25) is 0 Å². The van der Waals surface area contributed by atoms with Crippen molar-refractivity contribution in [2.24, 2.45) is 5.92 Å². The molecular weight excluding hydrogens is 342 g/mol. The van der Waals surface area contributed by atoms with E-state index in [0.717, 1.165) is 43.7 Å². The summed E-state index contributed by atoms with van der Waals surface area (Å²) in [5, 5.41) is 3.56. The summed E-state index contributed by atoms with van der Waals surface area (Å²) in [4.78, 5) is 2.48. The molecule has 0 saturated carbocycles. The summed E-state index contributed by atoms with van der Waals surface area (Å²) in [7, 11) is 0. The van der Waals surface area contributed by atoms with Gasteiger partial charge in [-0.15, -0.1) is 0 Å². The standard InChI is InChI=1S/C23H28F2N2/c1-17(2)11-14-27-15-12-19(13-16-27)23(18-3-5-20(24)6-4-18)26-22-9-7-21(25)8-10-22/h3-11,19,23,26H,12-16H2,1-2H3. The van der Waals surface area contributed by atoms with Gasteiger partial charge in [0.05, 0.1) is 6.04 Å². The fourth-order valence-electron chi connectivity index (χ4n) is 3.65. The van der Waals surface area contributed by atoms with Crippen LogP contribution in [0.1, 0.15) is 38.3 Å². The molecular formula is C23H28F2N2. The zero-order chi connectivity index (χ0) is 19.2. The smallest absolute Gasteiger partial charge is 0.123 e. The highest BCUT2D eigenvalue weighted by Crippen LogP contribution is 2.34. The molecule has 3 rings (SSSR count). The Hall–Kier alpha value is -2.20. The Morgan fingerprint density at radius 3 is 2.11 bits per heavy atom. The van der Waals surface area contributed by atoms with E-state index in [1.165, 1.54) is 29.8 Å². The Bertz CT molecular complexity index is 741. The molecule has 0 spiro atoms. The van der Waals surface area contributed by atoms with Crippen molar-refractivity contribution < 1.29 is 8.78 Å². The van der Waals surface area contributed by atoms with Crippen LogP contribution >= 0.6 is 0 Å². The summed E-state index contributed by atoms with van der Waals surface area (Å²) in [5.41, 5.74) is 3.31. The Kier molecular flexibility index (Phi) is 6.62. The van der Waals surface area contributed by atoms with Crippen LogP contribution in [0.15, 0.2) is 60.2 Å². The van der Waals surface area contributed by atoms with Gasteiger partial charge in [0.2, 0.25) is 0 Å². The lowest BCUT2D eigenvalue weighted by atomic mass is 9.85. The number of benzene rings is 2. The van der Waals surface area contributed by atoms with E-state index < -0.39 is 0 Å². The third-order valence-corrected chi connectivity index (χ3v) is 5.26. The van der Waals surface area contributed by atoms with Gasteiger partial charge in [-0.05, 0) is 87.7 Å². The highest BCUT2D eigenvalue weighted by atomic mass is 19.1. The third-order valence-electron chi connectivity index (χ3n) is 5.26. The van der Waals surface area contributed by atoms with Gasteiger partial charge in [-0.1, -0.05) is 23.8 Å². The van der Waals surface area contributed by atoms with Gasteiger partial charge in [0, 0.05) is 12.2 Å². The van der Waals surface area contributed by atoms with Crippen LogP contribution in [-0.4, -0.2) is 24.5 Å². The lowest BCUT2D eigenvalue weighted by Crippen LogP contribution is -2.37. The molecule has 1 saturated heterocycles. The maximum atomic E-state index is 13.4. The van der Waals surface area contributed by atoms with Crippen molar-refractivity contribution in [2.45, 2.75) is 32.7 Å². The second-order valence-electron chi connectivity index (χ2n) is 7.60. The van der Waals surface area contributed by atoms with E-state index in [0.29, 0.717) is 5.92 Å². The quantitative estimate of drug-likeness (QED) is 0.647. The number of halogens is 2. The molecule has 1 aliphatic heterocycles. The van der Waals surface area contributed by atoms with Crippen molar-refractivity contribution in [3.8, 4) is 0 Å². The second-order valence-corrected chi connectivity index (χ2v) is 7.60. The maximum Gasteiger partial charge on any atom is 0.123 e. The van der Waals surface area contributed by atoms with Crippen LogP contribution in [0, 0.1) is 17.6 Å². The van der Waals surface area contributed by atoms with Crippen molar-refractivity contribution in [2.75, 3.05) is 25.0 Å².